The van der Waals surface area contributed by atoms with E-state index in [0.29, 0.717) is 64.1 Å². The molecule has 2 atom stereocenters. The molecule has 2 unspecified atom stereocenters. The van der Waals surface area contributed by atoms with Gasteiger partial charge in [0.25, 0.3) is 0 Å². The number of aryl methyl sites for hydroxylation is 2. The fourth-order valence-corrected chi connectivity index (χ4v) is 4.38. The molecule has 168 valence electrons. The molecule has 8 heteroatoms. The van der Waals surface area contributed by atoms with Gasteiger partial charge in [-0.15, -0.1) is 0 Å². The highest BCUT2D eigenvalue weighted by Gasteiger charge is 2.36. The molecular formula is C23H32N4O4. The first-order valence-corrected chi connectivity index (χ1v) is 11.0. The lowest BCUT2D eigenvalue weighted by molar-refractivity contribution is 0.0392. The Bertz CT molecular complexity index is 893. The molecule has 4 rings (SSSR count). The van der Waals surface area contributed by atoms with Crippen molar-refractivity contribution in [2.24, 2.45) is 0 Å². The second kappa shape index (κ2) is 9.78. The van der Waals surface area contributed by atoms with Crippen LogP contribution in [0.15, 0.2) is 22.7 Å². The predicted molar refractivity (Wildman–Crippen MR) is 115 cm³/mol. The average Bonchev–Trinajstić information content (AvgIpc) is 3.28. The number of amides is 2. The van der Waals surface area contributed by atoms with Crippen LogP contribution in [-0.2, 0) is 15.9 Å². The summed E-state index contributed by atoms with van der Waals surface area (Å²) in [6.07, 6.45) is 1.49. The summed E-state index contributed by atoms with van der Waals surface area (Å²) in [6.45, 7) is 8.55. The maximum Gasteiger partial charge on any atom is 0.320 e. The van der Waals surface area contributed by atoms with Crippen molar-refractivity contribution in [2.75, 3.05) is 53.1 Å². The highest BCUT2D eigenvalue weighted by atomic mass is 16.5. The number of rotatable bonds is 5. The molecule has 1 aromatic carbocycles. The Morgan fingerprint density at radius 2 is 1.90 bits per heavy atom. The number of carbonyl (C=O) groups excluding carboxylic acids is 1. The zero-order valence-electron chi connectivity index (χ0n) is 18.7. The van der Waals surface area contributed by atoms with Crippen molar-refractivity contribution < 1.29 is 18.8 Å². The monoisotopic (exact) mass is 428 g/mol. The molecule has 2 fully saturated rings. The van der Waals surface area contributed by atoms with Crippen LogP contribution >= 0.6 is 0 Å². The summed E-state index contributed by atoms with van der Waals surface area (Å²) in [5.41, 5.74) is 3.80. The molecule has 0 aliphatic carbocycles. The van der Waals surface area contributed by atoms with E-state index in [2.05, 4.69) is 42.2 Å². The van der Waals surface area contributed by atoms with E-state index in [1.165, 1.54) is 16.7 Å². The number of hydrogen-bond donors (Lipinski definition) is 0. The van der Waals surface area contributed by atoms with E-state index in [1.807, 2.05) is 9.80 Å². The zero-order valence-corrected chi connectivity index (χ0v) is 18.7. The molecule has 0 N–H and O–H groups in total. The quantitative estimate of drug-likeness (QED) is 0.728. The van der Waals surface area contributed by atoms with Crippen molar-refractivity contribution in [2.45, 2.75) is 38.5 Å². The fraction of sp³-hybridized carbons (Fsp3) is 0.609. The molecule has 8 nitrogen and oxygen atoms in total. The van der Waals surface area contributed by atoms with Crippen molar-refractivity contribution in [3.8, 4) is 0 Å². The van der Waals surface area contributed by atoms with E-state index in [-0.39, 0.29) is 17.9 Å². The van der Waals surface area contributed by atoms with Gasteiger partial charge in [0.15, 0.2) is 5.82 Å². The summed E-state index contributed by atoms with van der Waals surface area (Å²) in [5, 5.41) is 4.12. The maximum absolute atomic E-state index is 13.3. The van der Waals surface area contributed by atoms with Crippen molar-refractivity contribution in [3.05, 3.63) is 46.6 Å². The van der Waals surface area contributed by atoms with E-state index in [0.717, 1.165) is 6.42 Å². The second-order valence-electron chi connectivity index (χ2n) is 8.55. The standard InChI is InChI=1S/C23H32N4O4/c1-16-4-5-18(12-17(16)2)19-13-20(22-24-21(25-31-22)6-9-29-3)15-27(14-19)23(28)26-7-10-30-11-8-26/h4-5,12,19-20H,6-11,13-15H2,1-3H3. The molecule has 0 saturated carbocycles. The number of urea groups is 1. The number of nitrogens with zero attached hydrogens (tertiary/aromatic N) is 4. The average molecular weight is 429 g/mol. The number of morpholine rings is 1. The summed E-state index contributed by atoms with van der Waals surface area (Å²) in [6, 6.07) is 6.67. The van der Waals surface area contributed by atoms with Crippen LogP contribution in [0.5, 0.6) is 0 Å². The molecule has 0 bridgehead atoms. The third-order valence-electron chi connectivity index (χ3n) is 6.37. The minimum absolute atomic E-state index is 0.00847. The third-order valence-corrected chi connectivity index (χ3v) is 6.37. The van der Waals surface area contributed by atoms with Crippen molar-refractivity contribution >= 4 is 6.03 Å². The Labute approximate surface area is 183 Å². The maximum atomic E-state index is 13.3. The second-order valence-corrected chi connectivity index (χ2v) is 8.55. The molecule has 1 aromatic heterocycles. The Morgan fingerprint density at radius 3 is 2.65 bits per heavy atom. The zero-order chi connectivity index (χ0) is 21.8. The number of likely N-dealkylation sites (tertiary alicyclic amines) is 1. The molecule has 3 heterocycles. The van der Waals surface area contributed by atoms with Gasteiger partial charge in [0.05, 0.1) is 25.7 Å². The fourth-order valence-electron chi connectivity index (χ4n) is 4.38. The lowest BCUT2D eigenvalue weighted by Gasteiger charge is -2.40. The normalized spacial score (nSPS) is 22.0. The van der Waals surface area contributed by atoms with Gasteiger partial charge in [-0.25, -0.2) is 4.79 Å². The van der Waals surface area contributed by atoms with Crippen LogP contribution in [-0.4, -0.2) is 79.1 Å². The molecule has 2 aromatic rings. The number of benzene rings is 1. The van der Waals surface area contributed by atoms with Crippen molar-refractivity contribution in [1.29, 1.82) is 0 Å². The van der Waals surface area contributed by atoms with Gasteiger partial charge in [0.1, 0.15) is 0 Å². The number of carbonyl (C=O) groups is 1. The molecule has 2 saturated heterocycles. The van der Waals surface area contributed by atoms with Crippen LogP contribution in [0, 0.1) is 13.8 Å². The van der Waals surface area contributed by atoms with E-state index >= 15 is 0 Å². The SMILES string of the molecule is COCCc1noc(C2CC(c3ccc(C)c(C)c3)CN(C(=O)N3CCOCC3)C2)n1. The van der Waals surface area contributed by atoms with Gasteiger partial charge < -0.3 is 23.8 Å². The van der Waals surface area contributed by atoms with Gasteiger partial charge in [-0.1, -0.05) is 23.4 Å². The lowest BCUT2D eigenvalue weighted by atomic mass is 9.83. The Balaban J connectivity index is 1.57. The van der Waals surface area contributed by atoms with Gasteiger partial charge in [-0.05, 0) is 37.0 Å². The first kappa shape index (κ1) is 21.8. The summed E-state index contributed by atoms with van der Waals surface area (Å²) in [7, 11) is 1.66. The number of aromatic nitrogens is 2. The summed E-state index contributed by atoms with van der Waals surface area (Å²) >= 11 is 0. The number of piperidine rings is 1. The van der Waals surface area contributed by atoms with Gasteiger partial charge in [-0.3, -0.25) is 0 Å². The van der Waals surface area contributed by atoms with Crippen LogP contribution < -0.4 is 0 Å². The number of hydrogen-bond acceptors (Lipinski definition) is 6. The molecule has 0 spiro atoms. The highest BCUT2D eigenvalue weighted by molar-refractivity contribution is 5.75. The van der Waals surface area contributed by atoms with Crippen LogP contribution in [0.4, 0.5) is 4.79 Å². The molecule has 31 heavy (non-hydrogen) atoms. The smallest absolute Gasteiger partial charge is 0.320 e. The minimum Gasteiger partial charge on any atom is -0.384 e. The van der Waals surface area contributed by atoms with Crippen LogP contribution in [0.25, 0.3) is 0 Å². The van der Waals surface area contributed by atoms with Crippen LogP contribution in [0.2, 0.25) is 0 Å². The first-order valence-electron chi connectivity index (χ1n) is 11.0. The van der Waals surface area contributed by atoms with E-state index < -0.39 is 0 Å². The highest BCUT2D eigenvalue weighted by Crippen LogP contribution is 2.36. The third kappa shape index (κ3) is 5.07. The van der Waals surface area contributed by atoms with Crippen molar-refractivity contribution in [1.82, 2.24) is 19.9 Å². The topological polar surface area (TPSA) is 80.9 Å². The predicted octanol–water partition coefficient (Wildman–Crippen LogP) is 2.90. The van der Waals surface area contributed by atoms with Crippen LogP contribution in [0.3, 0.4) is 0 Å². The van der Waals surface area contributed by atoms with Gasteiger partial charge in [-0.2, -0.15) is 4.98 Å². The van der Waals surface area contributed by atoms with Gasteiger partial charge in [0.2, 0.25) is 5.89 Å². The molecular weight excluding hydrogens is 396 g/mol. The Kier molecular flexibility index (Phi) is 6.87. The van der Waals surface area contributed by atoms with Gasteiger partial charge >= 0.3 is 6.03 Å². The summed E-state index contributed by atoms with van der Waals surface area (Å²) in [5.74, 6) is 1.49. The molecule has 2 aliphatic heterocycles. The molecule has 2 amide bonds. The Morgan fingerprint density at radius 1 is 1.13 bits per heavy atom. The van der Waals surface area contributed by atoms with E-state index in [9.17, 15) is 4.79 Å². The minimum atomic E-state index is 0.00847. The summed E-state index contributed by atoms with van der Waals surface area (Å²) in [4.78, 5) is 21.7. The number of methoxy groups -OCH3 is 1. The lowest BCUT2D eigenvalue weighted by Crippen LogP contribution is -2.52. The Hall–Kier alpha value is -2.45. The van der Waals surface area contributed by atoms with E-state index in [1.54, 1.807) is 7.11 Å². The van der Waals surface area contributed by atoms with Crippen LogP contribution in [0.1, 0.15) is 46.7 Å². The molecule has 2 aliphatic rings. The largest absolute Gasteiger partial charge is 0.384 e. The van der Waals surface area contributed by atoms with Crippen molar-refractivity contribution in [3.63, 3.8) is 0 Å². The van der Waals surface area contributed by atoms with Gasteiger partial charge in [0, 0.05) is 45.6 Å². The number of ether oxygens (including phenoxy) is 2. The summed E-state index contributed by atoms with van der Waals surface area (Å²) < 4.78 is 16.2. The first-order chi connectivity index (χ1) is 15.0. The molecule has 0 radical (unpaired) electrons. The van der Waals surface area contributed by atoms with E-state index in [4.69, 9.17) is 14.0 Å².